The van der Waals surface area contributed by atoms with E-state index in [1.165, 1.54) is 34.4 Å². The second kappa shape index (κ2) is 9.91. The Labute approximate surface area is 263 Å². The van der Waals surface area contributed by atoms with E-state index in [4.69, 9.17) is 4.98 Å². The van der Waals surface area contributed by atoms with E-state index in [9.17, 15) is 13.2 Å². The third-order valence-corrected chi connectivity index (χ3v) is 9.25. The molecule has 7 aromatic carbocycles. The highest BCUT2D eigenvalue weighted by Crippen LogP contribution is 2.41. The highest BCUT2D eigenvalue weighted by atomic mass is 19.4. The van der Waals surface area contributed by atoms with Crippen molar-refractivity contribution in [1.29, 1.82) is 0 Å². The van der Waals surface area contributed by atoms with Gasteiger partial charge >= 0.3 is 6.18 Å². The number of halogens is 3. The lowest BCUT2D eigenvalue weighted by Gasteiger charge is -2.14. The zero-order chi connectivity index (χ0) is 31.0. The summed E-state index contributed by atoms with van der Waals surface area (Å²) in [5.74, 6) is 0.673. The number of rotatable bonds is 3. The smallest absolute Gasteiger partial charge is 0.292 e. The molecule has 0 saturated carbocycles. The molecule has 0 N–H and O–H groups in total. The van der Waals surface area contributed by atoms with Crippen LogP contribution in [0.4, 0.5) is 13.2 Å². The van der Waals surface area contributed by atoms with Gasteiger partial charge in [0.05, 0.1) is 16.6 Å². The predicted molar refractivity (Wildman–Crippen MR) is 180 cm³/mol. The van der Waals surface area contributed by atoms with Crippen LogP contribution in [-0.2, 0) is 12.6 Å². The van der Waals surface area contributed by atoms with Gasteiger partial charge in [-0.05, 0) is 74.8 Å². The summed E-state index contributed by atoms with van der Waals surface area (Å²) in [6.45, 7) is 0. The summed E-state index contributed by atoms with van der Waals surface area (Å²) in [5.41, 5.74) is 10.0. The van der Waals surface area contributed by atoms with E-state index in [0.29, 0.717) is 11.5 Å². The van der Waals surface area contributed by atoms with Crippen molar-refractivity contribution >= 4 is 32.6 Å². The number of alkyl halides is 3. The molecular formula is C41H25F3N2. The Bertz CT molecular complexity index is 2470. The van der Waals surface area contributed by atoms with Gasteiger partial charge in [-0.2, -0.15) is 13.2 Å². The quantitative estimate of drug-likeness (QED) is 0.184. The minimum Gasteiger partial charge on any atom is -0.292 e. The van der Waals surface area contributed by atoms with Gasteiger partial charge in [-0.15, -0.1) is 0 Å². The fourth-order valence-electron chi connectivity index (χ4n) is 7.09. The fourth-order valence-corrected chi connectivity index (χ4v) is 7.09. The number of nitrogens with zero attached hydrogens (tertiary/aromatic N) is 2. The highest BCUT2D eigenvalue weighted by Gasteiger charge is 2.30. The maximum absolute atomic E-state index is 13.5. The van der Waals surface area contributed by atoms with Crippen LogP contribution in [0, 0.1) is 0 Å². The van der Waals surface area contributed by atoms with Crippen molar-refractivity contribution in [3.63, 3.8) is 0 Å². The lowest BCUT2D eigenvalue weighted by Crippen LogP contribution is -2.05. The van der Waals surface area contributed by atoms with Gasteiger partial charge in [-0.3, -0.25) is 4.57 Å². The number of benzene rings is 7. The van der Waals surface area contributed by atoms with Crippen molar-refractivity contribution < 1.29 is 13.2 Å². The van der Waals surface area contributed by atoms with Gasteiger partial charge in [-0.25, -0.2) is 4.98 Å². The second-order valence-electron chi connectivity index (χ2n) is 11.9. The molecule has 1 aliphatic rings. The first-order chi connectivity index (χ1) is 22.4. The standard InChI is InChI=1S/C41H25F3N2/c42-41(43,44)30-18-20-31(21-19-30)46-39-37-12-6-4-10-35(37)34-9-3-5-11-36(34)38(39)45-40(46)26-15-13-25(14-16-26)27-17-22-33-29(23-27)24-28-7-1-2-8-32(28)33/h1-23H,24H2. The number of hydrogen-bond acceptors (Lipinski definition) is 1. The average Bonchev–Trinajstić information content (AvgIpc) is 3.67. The number of fused-ring (bicyclic) bond motifs is 9. The monoisotopic (exact) mass is 602 g/mol. The maximum Gasteiger partial charge on any atom is 0.416 e. The average molecular weight is 603 g/mol. The Morgan fingerprint density at radius 2 is 1.11 bits per heavy atom. The number of hydrogen-bond donors (Lipinski definition) is 0. The van der Waals surface area contributed by atoms with Gasteiger partial charge in [0.2, 0.25) is 0 Å². The number of aromatic nitrogens is 2. The van der Waals surface area contributed by atoms with E-state index in [1.54, 1.807) is 0 Å². The molecule has 0 saturated heterocycles. The molecule has 0 fully saturated rings. The molecule has 46 heavy (non-hydrogen) atoms. The van der Waals surface area contributed by atoms with Crippen LogP contribution >= 0.6 is 0 Å². The molecule has 5 heteroatoms. The molecule has 0 amide bonds. The Hall–Kier alpha value is -5.68. The molecule has 1 aromatic heterocycles. The van der Waals surface area contributed by atoms with E-state index in [-0.39, 0.29) is 0 Å². The molecule has 0 aliphatic heterocycles. The van der Waals surface area contributed by atoms with Crippen LogP contribution in [-0.4, -0.2) is 9.55 Å². The van der Waals surface area contributed by atoms with Crippen LogP contribution in [0.25, 0.3) is 71.9 Å². The van der Waals surface area contributed by atoms with Crippen LogP contribution in [0.15, 0.2) is 140 Å². The van der Waals surface area contributed by atoms with Crippen molar-refractivity contribution in [2.24, 2.45) is 0 Å². The van der Waals surface area contributed by atoms with Gasteiger partial charge in [0.25, 0.3) is 0 Å². The summed E-state index contributed by atoms with van der Waals surface area (Å²) in [6, 6.07) is 45.2. The minimum atomic E-state index is -4.42. The second-order valence-corrected chi connectivity index (χ2v) is 11.9. The van der Waals surface area contributed by atoms with E-state index >= 15 is 0 Å². The summed E-state index contributed by atoms with van der Waals surface area (Å²) in [5, 5.41) is 4.15. The van der Waals surface area contributed by atoms with Crippen LogP contribution in [0.2, 0.25) is 0 Å². The van der Waals surface area contributed by atoms with Crippen molar-refractivity contribution in [2.75, 3.05) is 0 Å². The van der Waals surface area contributed by atoms with E-state index in [2.05, 4.69) is 91.0 Å². The largest absolute Gasteiger partial charge is 0.416 e. The van der Waals surface area contributed by atoms with Crippen molar-refractivity contribution in [3.05, 3.63) is 156 Å². The van der Waals surface area contributed by atoms with Crippen LogP contribution in [0.3, 0.4) is 0 Å². The first-order valence-electron chi connectivity index (χ1n) is 15.3. The molecule has 0 radical (unpaired) electrons. The lowest BCUT2D eigenvalue weighted by atomic mass is 9.98. The summed E-state index contributed by atoms with van der Waals surface area (Å²) in [7, 11) is 0. The molecular weight excluding hydrogens is 577 g/mol. The van der Waals surface area contributed by atoms with Crippen molar-refractivity contribution in [2.45, 2.75) is 12.6 Å². The van der Waals surface area contributed by atoms with E-state index < -0.39 is 11.7 Å². The first kappa shape index (κ1) is 26.7. The molecule has 8 aromatic rings. The Balaban J connectivity index is 1.23. The summed E-state index contributed by atoms with van der Waals surface area (Å²) in [4.78, 5) is 5.22. The van der Waals surface area contributed by atoms with Crippen molar-refractivity contribution in [3.8, 4) is 39.3 Å². The molecule has 9 rings (SSSR count). The Kier molecular flexibility index (Phi) is 5.75. The highest BCUT2D eigenvalue weighted by molar-refractivity contribution is 6.24. The van der Waals surface area contributed by atoms with Crippen LogP contribution < -0.4 is 0 Å². The normalized spacial score (nSPS) is 12.6. The van der Waals surface area contributed by atoms with Crippen LogP contribution in [0.1, 0.15) is 16.7 Å². The van der Waals surface area contributed by atoms with Gasteiger partial charge in [-0.1, -0.05) is 115 Å². The SMILES string of the molecule is FC(F)(F)c1ccc(-n2c(-c3ccc(-c4ccc5c(c4)Cc4ccccc4-5)cc3)nc3c4ccccc4c4ccccc4c32)cc1. The molecule has 0 atom stereocenters. The third kappa shape index (κ3) is 4.08. The van der Waals surface area contributed by atoms with E-state index in [0.717, 1.165) is 67.8 Å². The number of imidazole rings is 1. The van der Waals surface area contributed by atoms with Crippen molar-refractivity contribution in [1.82, 2.24) is 9.55 Å². The molecule has 1 aliphatic carbocycles. The van der Waals surface area contributed by atoms with Gasteiger partial charge in [0.15, 0.2) is 0 Å². The van der Waals surface area contributed by atoms with E-state index in [1.807, 2.05) is 28.8 Å². The molecule has 1 heterocycles. The predicted octanol–water partition coefficient (Wildman–Crippen LogP) is 11.3. The van der Waals surface area contributed by atoms with Crippen LogP contribution in [0.5, 0.6) is 0 Å². The summed E-state index contributed by atoms with van der Waals surface area (Å²) in [6.07, 6.45) is -3.49. The maximum atomic E-state index is 13.5. The molecule has 0 bridgehead atoms. The molecule has 220 valence electrons. The zero-order valence-electron chi connectivity index (χ0n) is 24.5. The van der Waals surface area contributed by atoms with Gasteiger partial charge in [0, 0.05) is 22.0 Å². The first-order valence-corrected chi connectivity index (χ1v) is 15.3. The molecule has 0 spiro atoms. The molecule has 2 nitrogen and oxygen atoms in total. The Morgan fingerprint density at radius 3 is 1.85 bits per heavy atom. The topological polar surface area (TPSA) is 17.8 Å². The summed E-state index contributed by atoms with van der Waals surface area (Å²) < 4.78 is 42.6. The van der Waals surface area contributed by atoms with Gasteiger partial charge < -0.3 is 0 Å². The lowest BCUT2D eigenvalue weighted by molar-refractivity contribution is -0.137. The minimum absolute atomic E-state index is 0.619. The third-order valence-electron chi connectivity index (χ3n) is 9.25. The zero-order valence-corrected chi connectivity index (χ0v) is 24.5. The molecule has 0 unspecified atom stereocenters. The van der Waals surface area contributed by atoms with Gasteiger partial charge in [0.1, 0.15) is 5.82 Å². The fraction of sp³-hybridized carbons (Fsp3) is 0.0488. The Morgan fingerprint density at radius 1 is 0.522 bits per heavy atom. The summed E-state index contributed by atoms with van der Waals surface area (Å²) >= 11 is 0.